The summed E-state index contributed by atoms with van der Waals surface area (Å²) in [5, 5.41) is 2.78. The van der Waals surface area contributed by atoms with Gasteiger partial charge in [0.1, 0.15) is 16.5 Å². The predicted octanol–water partition coefficient (Wildman–Crippen LogP) is 5.56. The molecule has 1 N–H and O–H groups in total. The van der Waals surface area contributed by atoms with Crippen LogP contribution in [0.1, 0.15) is 34.1 Å². The molecule has 4 rings (SSSR count). The molecule has 0 radical (unpaired) electrons. The summed E-state index contributed by atoms with van der Waals surface area (Å²) < 4.78 is 10.5. The van der Waals surface area contributed by atoms with Crippen LogP contribution in [0.3, 0.4) is 0 Å². The van der Waals surface area contributed by atoms with Crippen molar-refractivity contribution in [1.29, 1.82) is 0 Å². The fourth-order valence-electron chi connectivity index (χ4n) is 3.46. The summed E-state index contributed by atoms with van der Waals surface area (Å²) in [6.07, 6.45) is 0.618. The highest BCUT2D eigenvalue weighted by atomic mass is 35.5. The van der Waals surface area contributed by atoms with Gasteiger partial charge in [0.05, 0.1) is 28.4 Å². The summed E-state index contributed by atoms with van der Waals surface area (Å²) >= 11 is 12.2. The molecule has 3 aromatic carbocycles. The van der Waals surface area contributed by atoms with Crippen molar-refractivity contribution in [2.45, 2.75) is 13.3 Å². The monoisotopic (exact) mass is 538 g/mol. The van der Waals surface area contributed by atoms with Gasteiger partial charge < -0.3 is 14.8 Å². The highest BCUT2D eigenvalue weighted by molar-refractivity contribution is 6.53. The molecule has 0 spiro atoms. The lowest BCUT2D eigenvalue weighted by Crippen LogP contribution is -2.33. The second-order valence-electron chi connectivity index (χ2n) is 7.81. The van der Waals surface area contributed by atoms with Gasteiger partial charge in [-0.1, -0.05) is 54.4 Å². The van der Waals surface area contributed by atoms with E-state index in [2.05, 4.69) is 5.32 Å². The highest BCUT2D eigenvalue weighted by Gasteiger charge is 2.40. The van der Waals surface area contributed by atoms with Crippen molar-refractivity contribution in [3.05, 3.63) is 99.7 Å². The lowest BCUT2D eigenvalue weighted by molar-refractivity contribution is -0.120. The average Bonchev–Trinajstić information content (AvgIpc) is 3.11. The number of ether oxygens (including phenoxy) is 2. The van der Waals surface area contributed by atoms with Gasteiger partial charge >= 0.3 is 11.9 Å². The number of carbonyl (C=O) groups is 4. The van der Waals surface area contributed by atoms with E-state index in [9.17, 15) is 19.2 Å². The first-order valence-electron chi connectivity index (χ1n) is 11.2. The molecule has 0 fully saturated rings. The van der Waals surface area contributed by atoms with Crippen molar-refractivity contribution < 1.29 is 28.7 Å². The third-order valence-electron chi connectivity index (χ3n) is 5.26. The van der Waals surface area contributed by atoms with E-state index in [1.54, 1.807) is 36.4 Å². The number of imide groups is 1. The third kappa shape index (κ3) is 5.50. The maximum Gasteiger partial charge on any atom is 0.343 e. The Balaban J connectivity index is 1.51. The normalized spacial score (nSPS) is 13.1. The fourth-order valence-corrected chi connectivity index (χ4v) is 3.85. The van der Waals surface area contributed by atoms with Gasteiger partial charge in [0.2, 0.25) is 0 Å². The van der Waals surface area contributed by atoms with E-state index in [0.29, 0.717) is 17.1 Å². The first kappa shape index (κ1) is 25.9. The van der Waals surface area contributed by atoms with Crippen LogP contribution in [0.5, 0.6) is 5.75 Å². The van der Waals surface area contributed by atoms with Crippen LogP contribution in [0.2, 0.25) is 5.02 Å². The van der Waals surface area contributed by atoms with Crippen molar-refractivity contribution in [1.82, 2.24) is 0 Å². The maximum atomic E-state index is 13.2. The van der Waals surface area contributed by atoms with Crippen LogP contribution in [0.4, 0.5) is 11.4 Å². The van der Waals surface area contributed by atoms with Gasteiger partial charge in [0.25, 0.3) is 11.8 Å². The molecule has 0 aliphatic carbocycles. The SMILES string of the molecule is CCCOC(=O)c1ccccc1N1C(=O)C(Cl)=C(Nc2ccc(C(=O)Oc3ccccc3Cl)cc2)C1=O. The molecule has 1 heterocycles. The molecule has 10 heteroatoms. The van der Waals surface area contributed by atoms with Crippen LogP contribution >= 0.6 is 23.2 Å². The summed E-state index contributed by atoms with van der Waals surface area (Å²) in [5.74, 6) is -2.59. The Morgan fingerprint density at radius 3 is 2.24 bits per heavy atom. The van der Waals surface area contributed by atoms with E-state index in [0.717, 1.165) is 4.90 Å². The number of hydrogen-bond donors (Lipinski definition) is 1. The van der Waals surface area contributed by atoms with Crippen molar-refractivity contribution >= 4 is 58.3 Å². The number of anilines is 2. The number of nitrogens with one attached hydrogen (secondary N) is 1. The Kier molecular flexibility index (Phi) is 7.91. The Morgan fingerprint density at radius 2 is 1.54 bits per heavy atom. The molecular formula is C27H20Cl2N2O6. The van der Waals surface area contributed by atoms with Gasteiger partial charge in [0.15, 0.2) is 0 Å². The molecule has 8 nitrogen and oxygen atoms in total. The standard InChI is InChI=1S/C27H20Cl2N2O6/c1-2-15-36-27(35)18-7-3-5-9-20(18)31-24(32)22(29)23(25(31)33)30-17-13-11-16(12-14-17)26(34)37-21-10-6-4-8-19(21)28/h3-14,30H,2,15H2,1H3. The van der Waals surface area contributed by atoms with Gasteiger partial charge in [-0.25, -0.2) is 14.5 Å². The summed E-state index contributed by atoms with van der Waals surface area (Å²) in [6, 6.07) is 18.7. The summed E-state index contributed by atoms with van der Waals surface area (Å²) in [7, 11) is 0. The highest BCUT2D eigenvalue weighted by Crippen LogP contribution is 2.32. The van der Waals surface area contributed by atoms with E-state index in [-0.39, 0.29) is 39.9 Å². The Morgan fingerprint density at radius 1 is 0.865 bits per heavy atom. The molecule has 0 saturated heterocycles. The van der Waals surface area contributed by atoms with Gasteiger partial charge in [-0.15, -0.1) is 0 Å². The average molecular weight is 539 g/mol. The first-order chi connectivity index (χ1) is 17.8. The van der Waals surface area contributed by atoms with Gasteiger partial charge in [0, 0.05) is 5.69 Å². The minimum atomic E-state index is -0.787. The van der Waals surface area contributed by atoms with Crippen LogP contribution in [-0.4, -0.2) is 30.4 Å². The first-order valence-corrected chi connectivity index (χ1v) is 12.0. The van der Waals surface area contributed by atoms with Crippen LogP contribution in [0.15, 0.2) is 83.5 Å². The topological polar surface area (TPSA) is 102 Å². The van der Waals surface area contributed by atoms with Crippen LogP contribution in [0.25, 0.3) is 0 Å². The zero-order valence-corrected chi connectivity index (χ0v) is 21.0. The number of para-hydroxylation sites is 2. The third-order valence-corrected chi connectivity index (χ3v) is 5.92. The number of hydrogen-bond acceptors (Lipinski definition) is 7. The number of carbonyl (C=O) groups excluding carboxylic acids is 4. The number of amides is 2. The zero-order chi connectivity index (χ0) is 26.5. The van der Waals surface area contributed by atoms with Crippen molar-refractivity contribution in [2.75, 3.05) is 16.8 Å². The molecule has 0 unspecified atom stereocenters. The van der Waals surface area contributed by atoms with E-state index in [1.807, 2.05) is 6.92 Å². The largest absolute Gasteiger partial charge is 0.462 e. The van der Waals surface area contributed by atoms with Gasteiger partial charge in [-0.2, -0.15) is 0 Å². The Labute approximate surface area is 222 Å². The zero-order valence-electron chi connectivity index (χ0n) is 19.5. The number of nitrogens with zero attached hydrogens (tertiary/aromatic N) is 1. The predicted molar refractivity (Wildman–Crippen MR) is 139 cm³/mol. The number of benzene rings is 3. The molecule has 37 heavy (non-hydrogen) atoms. The molecule has 0 saturated carbocycles. The lowest BCUT2D eigenvalue weighted by atomic mass is 10.1. The number of halogens is 2. The van der Waals surface area contributed by atoms with E-state index >= 15 is 0 Å². The number of rotatable bonds is 8. The Bertz CT molecular complexity index is 1420. The van der Waals surface area contributed by atoms with Crippen LogP contribution < -0.4 is 15.0 Å². The van der Waals surface area contributed by atoms with Gasteiger partial charge in [-0.05, 0) is 55.0 Å². The molecular weight excluding hydrogens is 519 g/mol. The molecule has 0 aromatic heterocycles. The summed E-state index contributed by atoms with van der Waals surface area (Å²) in [5.41, 5.74) is 0.576. The maximum absolute atomic E-state index is 13.2. The van der Waals surface area contributed by atoms with Gasteiger partial charge in [-0.3, -0.25) is 9.59 Å². The number of esters is 2. The molecule has 3 aromatic rings. The molecule has 1 aliphatic rings. The fraction of sp³-hybridized carbons (Fsp3) is 0.111. The van der Waals surface area contributed by atoms with E-state index < -0.39 is 23.8 Å². The van der Waals surface area contributed by atoms with E-state index in [4.69, 9.17) is 32.7 Å². The van der Waals surface area contributed by atoms with Crippen molar-refractivity contribution in [3.8, 4) is 5.75 Å². The van der Waals surface area contributed by atoms with Crippen LogP contribution in [0, 0.1) is 0 Å². The van der Waals surface area contributed by atoms with E-state index in [1.165, 1.54) is 36.4 Å². The lowest BCUT2D eigenvalue weighted by Gasteiger charge is -2.18. The summed E-state index contributed by atoms with van der Waals surface area (Å²) in [6.45, 7) is 2.05. The van der Waals surface area contributed by atoms with Crippen molar-refractivity contribution in [2.24, 2.45) is 0 Å². The quantitative estimate of drug-likeness (QED) is 0.227. The minimum absolute atomic E-state index is 0.0600. The minimum Gasteiger partial charge on any atom is -0.462 e. The summed E-state index contributed by atoms with van der Waals surface area (Å²) in [4.78, 5) is 51.9. The molecule has 0 bridgehead atoms. The molecule has 2 amide bonds. The second kappa shape index (κ2) is 11.3. The molecule has 188 valence electrons. The Hall–Kier alpha value is -4.14. The smallest absolute Gasteiger partial charge is 0.343 e. The molecule has 1 aliphatic heterocycles. The second-order valence-corrected chi connectivity index (χ2v) is 8.60. The molecule has 0 atom stereocenters. The van der Waals surface area contributed by atoms with Crippen LogP contribution in [-0.2, 0) is 14.3 Å². The van der Waals surface area contributed by atoms with Crippen molar-refractivity contribution in [3.63, 3.8) is 0 Å².